The van der Waals surface area contributed by atoms with Crippen molar-refractivity contribution >= 4 is 40.4 Å². The molecule has 1 saturated heterocycles. The van der Waals surface area contributed by atoms with E-state index in [1.165, 1.54) is 12.8 Å². The third kappa shape index (κ3) is 4.66. The van der Waals surface area contributed by atoms with Crippen molar-refractivity contribution in [1.29, 1.82) is 0 Å². The molecule has 2 nitrogen and oxygen atoms in total. The van der Waals surface area contributed by atoms with E-state index in [0.29, 0.717) is 22.4 Å². The third-order valence-electron chi connectivity index (χ3n) is 4.59. The van der Waals surface area contributed by atoms with Crippen molar-refractivity contribution < 1.29 is 4.74 Å². The highest BCUT2D eigenvalue weighted by Gasteiger charge is 2.19. The molecule has 1 aliphatic heterocycles. The SMILES string of the molecule is CC1CCN(C(=S)c2ccc(OCc3ccccc3Cl)c(Cl)c2)CC1. The van der Waals surface area contributed by atoms with E-state index >= 15 is 0 Å². The van der Waals surface area contributed by atoms with Gasteiger partial charge in [-0.15, -0.1) is 0 Å². The summed E-state index contributed by atoms with van der Waals surface area (Å²) in [5, 5.41) is 1.26. The van der Waals surface area contributed by atoms with Crippen LogP contribution >= 0.6 is 35.4 Å². The minimum Gasteiger partial charge on any atom is -0.487 e. The molecule has 0 bridgehead atoms. The van der Waals surface area contributed by atoms with Crippen LogP contribution in [0.25, 0.3) is 0 Å². The van der Waals surface area contributed by atoms with Gasteiger partial charge < -0.3 is 9.64 Å². The average Bonchev–Trinajstić information content (AvgIpc) is 2.62. The van der Waals surface area contributed by atoms with Gasteiger partial charge in [-0.05, 0) is 43.0 Å². The summed E-state index contributed by atoms with van der Waals surface area (Å²) < 4.78 is 5.82. The van der Waals surface area contributed by atoms with Crippen LogP contribution in [0.3, 0.4) is 0 Å². The topological polar surface area (TPSA) is 12.5 Å². The summed E-state index contributed by atoms with van der Waals surface area (Å²) in [6.45, 7) is 4.71. The lowest BCUT2D eigenvalue weighted by Crippen LogP contribution is -2.37. The number of halogens is 2. The van der Waals surface area contributed by atoms with Gasteiger partial charge in [0.1, 0.15) is 17.3 Å². The Kier molecular flexibility index (Phi) is 6.21. The summed E-state index contributed by atoms with van der Waals surface area (Å²) >= 11 is 18.2. The Balaban J connectivity index is 1.66. The lowest BCUT2D eigenvalue weighted by atomic mass is 9.99. The number of rotatable bonds is 4. The van der Waals surface area contributed by atoms with Crippen molar-refractivity contribution in [2.45, 2.75) is 26.4 Å². The highest BCUT2D eigenvalue weighted by Crippen LogP contribution is 2.28. The summed E-state index contributed by atoms with van der Waals surface area (Å²) in [5.41, 5.74) is 1.90. The molecule has 0 unspecified atom stereocenters. The first kappa shape index (κ1) is 18.5. The molecule has 0 aliphatic carbocycles. The predicted octanol–water partition coefficient (Wildman–Crippen LogP) is 5.98. The number of nitrogens with zero attached hydrogens (tertiary/aromatic N) is 1. The van der Waals surface area contributed by atoms with Gasteiger partial charge in [0.2, 0.25) is 0 Å². The summed E-state index contributed by atoms with van der Waals surface area (Å²) in [5.74, 6) is 1.42. The minimum absolute atomic E-state index is 0.382. The molecule has 5 heteroatoms. The van der Waals surface area contributed by atoms with Crippen LogP contribution in [0, 0.1) is 5.92 Å². The Morgan fingerprint density at radius 3 is 2.52 bits per heavy atom. The van der Waals surface area contributed by atoms with Crippen LogP contribution in [0.15, 0.2) is 42.5 Å². The summed E-state index contributed by atoms with van der Waals surface area (Å²) in [6.07, 6.45) is 2.37. The van der Waals surface area contributed by atoms with Crippen LogP contribution in [-0.4, -0.2) is 23.0 Å². The second-order valence-corrected chi connectivity index (χ2v) is 7.70. The largest absolute Gasteiger partial charge is 0.487 e. The fourth-order valence-electron chi connectivity index (χ4n) is 2.92. The van der Waals surface area contributed by atoms with Gasteiger partial charge in [-0.1, -0.05) is 60.5 Å². The van der Waals surface area contributed by atoms with E-state index in [1.54, 1.807) is 0 Å². The monoisotopic (exact) mass is 393 g/mol. The van der Waals surface area contributed by atoms with E-state index in [-0.39, 0.29) is 0 Å². The summed E-state index contributed by atoms with van der Waals surface area (Å²) in [7, 11) is 0. The molecule has 0 aromatic heterocycles. The molecule has 0 saturated carbocycles. The number of benzene rings is 2. The Morgan fingerprint density at radius 2 is 1.84 bits per heavy atom. The van der Waals surface area contributed by atoms with E-state index < -0.39 is 0 Å². The number of thiocarbonyl (C=S) groups is 1. The fourth-order valence-corrected chi connectivity index (χ4v) is 3.65. The van der Waals surface area contributed by atoms with E-state index in [4.69, 9.17) is 40.2 Å². The van der Waals surface area contributed by atoms with Gasteiger partial charge in [0, 0.05) is 29.2 Å². The normalized spacial score (nSPS) is 15.2. The standard InChI is InChI=1S/C20H21Cl2NOS/c1-14-8-10-23(11-9-14)20(25)15-6-7-19(18(22)12-15)24-13-16-4-2-3-5-17(16)21/h2-7,12,14H,8-11,13H2,1H3. The molecule has 1 fully saturated rings. The molecule has 0 spiro atoms. The van der Waals surface area contributed by atoms with Crippen LogP contribution in [0.4, 0.5) is 0 Å². The van der Waals surface area contributed by atoms with Crippen molar-refractivity contribution in [3.05, 3.63) is 63.6 Å². The van der Waals surface area contributed by atoms with Crippen LogP contribution in [-0.2, 0) is 6.61 Å². The van der Waals surface area contributed by atoms with Gasteiger partial charge in [0.05, 0.1) is 5.02 Å². The Hall–Kier alpha value is -1.29. The molecule has 0 amide bonds. The zero-order valence-electron chi connectivity index (χ0n) is 14.2. The van der Waals surface area contributed by atoms with Gasteiger partial charge in [-0.3, -0.25) is 0 Å². The van der Waals surface area contributed by atoms with Crippen molar-refractivity contribution in [2.24, 2.45) is 5.92 Å². The lowest BCUT2D eigenvalue weighted by Gasteiger charge is -2.32. The summed E-state index contributed by atoms with van der Waals surface area (Å²) in [6, 6.07) is 13.4. The number of hydrogen-bond acceptors (Lipinski definition) is 2. The van der Waals surface area contributed by atoms with Crippen molar-refractivity contribution in [3.8, 4) is 5.75 Å². The Bertz CT molecular complexity index is 757. The van der Waals surface area contributed by atoms with Crippen molar-refractivity contribution in [3.63, 3.8) is 0 Å². The maximum Gasteiger partial charge on any atom is 0.138 e. The maximum absolute atomic E-state index is 6.41. The Labute approximate surface area is 164 Å². The van der Waals surface area contributed by atoms with E-state index in [9.17, 15) is 0 Å². The minimum atomic E-state index is 0.382. The highest BCUT2D eigenvalue weighted by molar-refractivity contribution is 7.80. The van der Waals surface area contributed by atoms with Gasteiger partial charge in [0.15, 0.2) is 0 Å². The van der Waals surface area contributed by atoms with Crippen LogP contribution in [0.5, 0.6) is 5.75 Å². The first-order valence-electron chi connectivity index (χ1n) is 8.49. The molecular formula is C20H21Cl2NOS. The average molecular weight is 394 g/mol. The zero-order chi connectivity index (χ0) is 17.8. The lowest BCUT2D eigenvalue weighted by molar-refractivity contribution is 0.284. The molecule has 132 valence electrons. The zero-order valence-corrected chi connectivity index (χ0v) is 16.5. The molecule has 25 heavy (non-hydrogen) atoms. The third-order valence-corrected chi connectivity index (χ3v) is 5.75. The van der Waals surface area contributed by atoms with Crippen molar-refractivity contribution in [1.82, 2.24) is 4.90 Å². The molecule has 1 heterocycles. The van der Waals surface area contributed by atoms with Crippen LogP contribution in [0.2, 0.25) is 10.0 Å². The van der Waals surface area contributed by atoms with Gasteiger partial charge in [0.25, 0.3) is 0 Å². The number of hydrogen-bond donors (Lipinski definition) is 0. The molecular weight excluding hydrogens is 373 g/mol. The quantitative estimate of drug-likeness (QED) is 0.592. The molecule has 2 aromatic rings. The second-order valence-electron chi connectivity index (χ2n) is 6.50. The molecule has 0 N–H and O–H groups in total. The Morgan fingerprint density at radius 1 is 1.12 bits per heavy atom. The molecule has 0 radical (unpaired) electrons. The highest BCUT2D eigenvalue weighted by atomic mass is 35.5. The van der Waals surface area contributed by atoms with Gasteiger partial charge in [-0.2, -0.15) is 0 Å². The van der Waals surface area contributed by atoms with E-state index in [0.717, 1.165) is 35.1 Å². The van der Waals surface area contributed by atoms with E-state index in [1.807, 2.05) is 42.5 Å². The summed E-state index contributed by atoms with van der Waals surface area (Å²) in [4.78, 5) is 3.14. The molecule has 1 aliphatic rings. The van der Waals surface area contributed by atoms with Crippen molar-refractivity contribution in [2.75, 3.05) is 13.1 Å². The molecule has 2 aromatic carbocycles. The smallest absolute Gasteiger partial charge is 0.138 e. The predicted molar refractivity (Wildman–Crippen MR) is 109 cm³/mol. The number of ether oxygens (including phenoxy) is 1. The second kappa shape index (κ2) is 8.39. The molecule has 3 rings (SSSR count). The number of likely N-dealkylation sites (tertiary alicyclic amines) is 1. The fraction of sp³-hybridized carbons (Fsp3) is 0.350. The van der Waals surface area contributed by atoms with Gasteiger partial charge >= 0.3 is 0 Å². The molecule has 0 atom stereocenters. The first-order valence-corrected chi connectivity index (χ1v) is 9.66. The maximum atomic E-state index is 6.41. The first-order chi connectivity index (χ1) is 12.0. The van der Waals surface area contributed by atoms with Gasteiger partial charge in [-0.25, -0.2) is 0 Å². The van der Waals surface area contributed by atoms with E-state index in [2.05, 4.69) is 11.8 Å². The van der Waals surface area contributed by atoms with Crippen LogP contribution < -0.4 is 4.74 Å². The number of piperidine rings is 1. The van der Waals surface area contributed by atoms with Crippen LogP contribution in [0.1, 0.15) is 30.9 Å².